The Bertz CT molecular complexity index is 632. The third kappa shape index (κ3) is 3.58. The Hall–Kier alpha value is -2.34. The van der Waals surface area contributed by atoms with E-state index in [1.165, 1.54) is 18.2 Å². The van der Waals surface area contributed by atoms with Crippen molar-refractivity contribution in [3.63, 3.8) is 0 Å². The Balaban J connectivity index is 2.01. The molecule has 0 aliphatic rings. The lowest BCUT2D eigenvalue weighted by Crippen LogP contribution is -2.14. The lowest BCUT2D eigenvalue weighted by Gasteiger charge is -2.06. The molecule has 104 valence electrons. The van der Waals surface area contributed by atoms with Crippen LogP contribution in [0.5, 0.6) is 0 Å². The Morgan fingerprint density at radius 2 is 1.85 bits per heavy atom. The smallest absolute Gasteiger partial charge is 0.272 e. The molecule has 0 saturated heterocycles. The molecule has 2 aromatic carbocycles. The molecular weight excluding hydrogens is 266 g/mol. The highest BCUT2D eigenvalue weighted by Gasteiger charge is 2.09. The van der Waals surface area contributed by atoms with Gasteiger partial charge in [-0.15, -0.1) is 0 Å². The van der Waals surface area contributed by atoms with Crippen LogP contribution in [0.25, 0.3) is 0 Å². The molecule has 0 aliphatic carbocycles. The molecule has 0 atom stereocenters. The van der Waals surface area contributed by atoms with Crippen LogP contribution >= 0.6 is 0 Å². The minimum absolute atomic E-state index is 0.215. The number of benzene rings is 2. The Labute approximate surface area is 114 Å². The first-order valence-electron chi connectivity index (χ1n) is 5.94. The normalized spacial score (nSPS) is 10.5. The van der Waals surface area contributed by atoms with E-state index in [0.29, 0.717) is 11.1 Å². The van der Waals surface area contributed by atoms with Crippen LogP contribution in [0.4, 0.5) is 14.5 Å². The second-order valence-electron chi connectivity index (χ2n) is 4.27. The van der Waals surface area contributed by atoms with Gasteiger partial charge >= 0.3 is 0 Å². The average Bonchev–Trinajstić information content (AvgIpc) is 2.40. The van der Waals surface area contributed by atoms with Crippen molar-refractivity contribution >= 4 is 5.69 Å². The Morgan fingerprint density at radius 3 is 2.55 bits per heavy atom. The molecule has 0 heterocycles. The van der Waals surface area contributed by atoms with Crippen LogP contribution in [0, 0.1) is 21.7 Å². The highest BCUT2D eigenvalue weighted by atomic mass is 19.1. The summed E-state index contributed by atoms with van der Waals surface area (Å²) in [6, 6.07) is 9.65. The largest absolute Gasteiger partial charge is 0.309 e. The predicted octanol–water partition coefficient (Wildman–Crippen LogP) is 3.16. The van der Waals surface area contributed by atoms with E-state index >= 15 is 0 Å². The van der Waals surface area contributed by atoms with Crippen LogP contribution in [0.2, 0.25) is 0 Å². The van der Waals surface area contributed by atoms with Gasteiger partial charge in [-0.25, -0.2) is 8.78 Å². The van der Waals surface area contributed by atoms with Gasteiger partial charge < -0.3 is 5.32 Å². The fraction of sp³-hybridized carbons (Fsp3) is 0.143. The van der Waals surface area contributed by atoms with E-state index in [-0.39, 0.29) is 24.6 Å². The number of nitro benzene ring substituents is 1. The fourth-order valence-electron chi connectivity index (χ4n) is 1.82. The fourth-order valence-corrected chi connectivity index (χ4v) is 1.82. The molecule has 20 heavy (non-hydrogen) atoms. The molecular formula is C14H12F2N2O2. The number of halogens is 2. The highest BCUT2D eigenvalue weighted by molar-refractivity contribution is 5.35. The average molecular weight is 278 g/mol. The van der Waals surface area contributed by atoms with E-state index in [4.69, 9.17) is 0 Å². The molecule has 6 heteroatoms. The van der Waals surface area contributed by atoms with Gasteiger partial charge in [0.15, 0.2) is 0 Å². The second kappa shape index (κ2) is 6.21. The maximum atomic E-state index is 13.4. The third-order valence-electron chi connectivity index (χ3n) is 2.76. The van der Waals surface area contributed by atoms with Gasteiger partial charge in [-0.3, -0.25) is 10.1 Å². The van der Waals surface area contributed by atoms with E-state index in [1.807, 2.05) is 0 Å². The summed E-state index contributed by atoms with van der Waals surface area (Å²) >= 11 is 0. The molecule has 0 spiro atoms. The molecule has 0 fully saturated rings. The van der Waals surface area contributed by atoms with E-state index < -0.39 is 10.7 Å². The van der Waals surface area contributed by atoms with Crippen LogP contribution in [-0.4, -0.2) is 4.92 Å². The molecule has 1 N–H and O–H groups in total. The van der Waals surface area contributed by atoms with Crippen molar-refractivity contribution < 1.29 is 13.7 Å². The summed E-state index contributed by atoms with van der Waals surface area (Å²) in [6.45, 7) is 0.476. The molecule has 0 bridgehead atoms. The van der Waals surface area contributed by atoms with Gasteiger partial charge in [-0.05, 0) is 17.7 Å². The minimum atomic E-state index is -0.665. The summed E-state index contributed by atoms with van der Waals surface area (Å²) in [6.07, 6.45) is 0. The van der Waals surface area contributed by atoms with Crippen molar-refractivity contribution in [2.45, 2.75) is 13.1 Å². The van der Waals surface area contributed by atoms with Gasteiger partial charge in [-0.2, -0.15) is 0 Å². The third-order valence-corrected chi connectivity index (χ3v) is 2.76. The summed E-state index contributed by atoms with van der Waals surface area (Å²) in [5.74, 6) is -0.993. The highest BCUT2D eigenvalue weighted by Crippen LogP contribution is 2.16. The van der Waals surface area contributed by atoms with E-state index in [0.717, 1.165) is 6.07 Å². The summed E-state index contributed by atoms with van der Waals surface area (Å²) in [4.78, 5) is 9.96. The minimum Gasteiger partial charge on any atom is -0.309 e. The zero-order valence-corrected chi connectivity index (χ0v) is 10.5. The van der Waals surface area contributed by atoms with Gasteiger partial charge in [0.25, 0.3) is 5.69 Å². The van der Waals surface area contributed by atoms with Gasteiger partial charge in [0.05, 0.1) is 11.0 Å². The van der Waals surface area contributed by atoms with Crippen LogP contribution in [0.3, 0.4) is 0 Å². The number of nitro groups is 1. The van der Waals surface area contributed by atoms with Crippen molar-refractivity contribution in [2.75, 3.05) is 0 Å². The van der Waals surface area contributed by atoms with E-state index in [9.17, 15) is 18.9 Å². The first kappa shape index (κ1) is 14.1. The number of non-ortho nitro benzene ring substituents is 1. The molecule has 0 amide bonds. The molecule has 0 radical (unpaired) electrons. The molecule has 0 aliphatic heterocycles. The van der Waals surface area contributed by atoms with Crippen molar-refractivity contribution in [1.82, 2.24) is 5.32 Å². The second-order valence-corrected chi connectivity index (χ2v) is 4.27. The van der Waals surface area contributed by atoms with Crippen molar-refractivity contribution in [1.29, 1.82) is 0 Å². The number of rotatable bonds is 5. The SMILES string of the molecule is O=[N+]([O-])c1cc(F)cc(CNCc2ccccc2F)c1. The first-order chi connectivity index (χ1) is 9.56. The van der Waals surface area contributed by atoms with E-state index in [1.54, 1.807) is 18.2 Å². The van der Waals surface area contributed by atoms with Crippen LogP contribution in [0.15, 0.2) is 42.5 Å². The first-order valence-corrected chi connectivity index (χ1v) is 5.94. The summed E-state index contributed by atoms with van der Waals surface area (Å²) in [5.41, 5.74) is 0.624. The molecule has 0 aromatic heterocycles. The topological polar surface area (TPSA) is 55.2 Å². The zero-order chi connectivity index (χ0) is 14.5. The van der Waals surface area contributed by atoms with Crippen LogP contribution in [-0.2, 0) is 13.1 Å². The van der Waals surface area contributed by atoms with Gasteiger partial charge in [0.2, 0.25) is 0 Å². The standard InChI is InChI=1S/C14H12F2N2O2/c15-12-5-10(6-13(7-12)18(19)20)8-17-9-11-3-1-2-4-14(11)16/h1-7,17H,8-9H2. The molecule has 4 nitrogen and oxygen atoms in total. The number of nitrogens with zero attached hydrogens (tertiary/aromatic N) is 1. The molecule has 2 aromatic rings. The summed E-state index contributed by atoms with van der Waals surface area (Å²) in [5, 5.41) is 13.5. The summed E-state index contributed by atoms with van der Waals surface area (Å²) in [7, 11) is 0. The maximum Gasteiger partial charge on any atom is 0.272 e. The van der Waals surface area contributed by atoms with Crippen LogP contribution < -0.4 is 5.32 Å². The number of hydrogen-bond acceptors (Lipinski definition) is 3. The maximum absolute atomic E-state index is 13.4. The van der Waals surface area contributed by atoms with Crippen molar-refractivity contribution in [3.8, 4) is 0 Å². The lowest BCUT2D eigenvalue weighted by atomic mass is 10.1. The van der Waals surface area contributed by atoms with Crippen molar-refractivity contribution in [2.24, 2.45) is 0 Å². The quantitative estimate of drug-likeness (QED) is 0.675. The van der Waals surface area contributed by atoms with Crippen LogP contribution in [0.1, 0.15) is 11.1 Å². The molecule has 0 unspecified atom stereocenters. The van der Waals surface area contributed by atoms with Crippen molar-refractivity contribution in [3.05, 3.63) is 75.3 Å². The Kier molecular flexibility index (Phi) is 4.37. The van der Waals surface area contributed by atoms with Gasteiger partial charge in [0, 0.05) is 24.7 Å². The van der Waals surface area contributed by atoms with E-state index in [2.05, 4.69) is 5.32 Å². The summed E-state index contributed by atoms with van der Waals surface area (Å²) < 4.78 is 26.6. The monoisotopic (exact) mass is 278 g/mol. The lowest BCUT2D eigenvalue weighted by molar-refractivity contribution is -0.385. The number of nitrogens with one attached hydrogen (secondary N) is 1. The van der Waals surface area contributed by atoms with Gasteiger partial charge in [0.1, 0.15) is 11.6 Å². The Morgan fingerprint density at radius 1 is 1.10 bits per heavy atom. The van der Waals surface area contributed by atoms with Gasteiger partial charge in [-0.1, -0.05) is 18.2 Å². The molecule has 0 saturated carbocycles. The zero-order valence-electron chi connectivity index (χ0n) is 10.5. The number of hydrogen-bond donors (Lipinski definition) is 1. The predicted molar refractivity (Wildman–Crippen MR) is 70.0 cm³/mol. The molecule has 2 rings (SSSR count).